The van der Waals surface area contributed by atoms with Crippen LogP contribution in [0.25, 0.3) is 22.1 Å². The molecule has 1 saturated carbocycles. The van der Waals surface area contributed by atoms with E-state index in [0.29, 0.717) is 16.9 Å². The molecule has 2 heterocycles. The highest BCUT2D eigenvalue weighted by Gasteiger charge is 2.23. The molecule has 1 aliphatic rings. The summed E-state index contributed by atoms with van der Waals surface area (Å²) in [6.07, 6.45) is 5.92. The first-order valence-corrected chi connectivity index (χ1v) is 9.62. The fourth-order valence-electron chi connectivity index (χ4n) is 2.97. The van der Waals surface area contributed by atoms with E-state index < -0.39 is 0 Å². The van der Waals surface area contributed by atoms with Gasteiger partial charge in [-0.1, -0.05) is 6.92 Å². The Morgan fingerprint density at radius 2 is 2.12 bits per heavy atom. The number of furan rings is 1. The number of ether oxygens (including phenoxy) is 1. The minimum Gasteiger partial charge on any atom is -0.493 e. The Bertz CT molecular complexity index is 969. The summed E-state index contributed by atoms with van der Waals surface area (Å²) in [5.74, 6) is 2.54. The normalized spacial score (nSPS) is 14.2. The van der Waals surface area contributed by atoms with Crippen LogP contribution >= 0.6 is 11.8 Å². The molecule has 1 aromatic carbocycles. The number of hydrogen-bond acceptors (Lipinski definition) is 4. The number of hydrogen-bond donors (Lipinski definition) is 0. The molecule has 0 amide bonds. The van der Waals surface area contributed by atoms with Gasteiger partial charge in [-0.2, -0.15) is 0 Å². The first kappa shape index (κ1) is 16.3. The number of benzene rings is 1. The molecule has 0 aliphatic heterocycles. The van der Waals surface area contributed by atoms with Gasteiger partial charge >= 0.3 is 0 Å². The molecular weight excluding hydrogens is 334 g/mol. The molecule has 2 aromatic heterocycles. The van der Waals surface area contributed by atoms with Crippen LogP contribution in [0.15, 0.2) is 50.8 Å². The Morgan fingerprint density at radius 3 is 2.88 bits per heavy atom. The lowest BCUT2D eigenvalue weighted by molar-refractivity contribution is 0.301. The molecule has 130 valence electrons. The third-order valence-corrected chi connectivity index (χ3v) is 5.38. The van der Waals surface area contributed by atoms with Gasteiger partial charge in [0.1, 0.15) is 11.3 Å². The van der Waals surface area contributed by atoms with Crippen LogP contribution in [-0.4, -0.2) is 16.9 Å². The molecule has 5 heteroatoms. The van der Waals surface area contributed by atoms with Crippen molar-refractivity contribution >= 4 is 22.7 Å². The van der Waals surface area contributed by atoms with Gasteiger partial charge in [0.25, 0.3) is 5.56 Å². The third-order valence-electron chi connectivity index (χ3n) is 4.51. The van der Waals surface area contributed by atoms with Gasteiger partial charge < -0.3 is 13.7 Å². The summed E-state index contributed by atoms with van der Waals surface area (Å²) in [6.45, 7) is 2.89. The van der Waals surface area contributed by atoms with Crippen molar-refractivity contribution in [3.05, 3.63) is 47.1 Å². The predicted octanol–water partition coefficient (Wildman–Crippen LogP) is 4.70. The van der Waals surface area contributed by atoms with E-state index in [1.54, 1.807) is 35.7 Å². The first-order chi connectivity index (χ1) is 12.2. The Labute approximate surface area is 150 Å². The molecule has 0 atom stereocenters. The van der Waals surface area contributed by atoms with E-state index in [-0.39, 0.29) is 5.56 Å². The summed E-state index contributed by atoms with van der Waals surface area (Å²) in [5, 5.41) is 0.599. The van der Waals surface area contributed by atoms with Crippen molar-refractivity contribution in [3.63, 3.8) is 0 Å². The molecular formula is C20H21NO3S. The molecule has 0 N–H and O–H groups in total. The van der Waals surface area contributed by atoms with E-state index in [9.17, 15) is 4.79 Å². The SMILES string of the molecule is CCSc1ccc(OCC2CC2)c(-c2cn(C)c(=O)c3ccoc23)c1. The van der Waals surface area contributed by atoms with Crippen LogP contribution in [0.1, 0.15) is 19.8 Å². The fraction of sp³-hybridized carbons (Fsp3) is 0.350. The smallest absolute Gasteiger partial charge is 0.261 e. The van der Waals surface area contributed by atoms with Crippen LogP contribution in [0.5, 0.6) is 5.75 Å². The predicted molar refractivity (Wildman–Crippen MR) is 102 cm³/mol. The van der Waals surface area contributed by atoms with Gasteiger partial charge in [-0.3, -0.25) is 4.79 Å². The minimum atomic E-state index is -0.0490. The molecule has 25 heavy (non-hydrogen) atoms. The summed E-state index contributed by atoms with van der Waals surface area (Å²) in [5.41, 5.74) is 2.45. The fourth-order valence-corrected chi connectivity index (χ4v) is 3.67. The minimum absolute atomic E-state index is 0.0490. The van der Waals surface area contributed by atoms with Crippen LogP contribution in [0.3, 0.4) is 0 Å². The highest BCUT2D eigenvalue weighted by molar-refractivity contribution is 7.99. The summed E-state index contributed by atoms with van der Waals surface area (Å²) >= 11 is 1.79. The van der Waals surface area contributed by atoms with Crippen molar-refractivity contribution in [2.24, 2.45) is 13.0 Å². The zero-order chi connectivity index (χ0) is 17.4. The summed E-state index contributed by atoms with van der Waals surface area (Å²) < 4.78 is 13.4. The molecule has 4 nitrogen and oxygen atoms in total. The zero-order valence-corrected chi connectivity index (χ0v) is 15.3. The topological polar surface area (TPSA) is 44.4 Å². The molecule has 0 saturated heterocycles. The lowest BCUT2D eigenvalue weighted by Gasteiger charge is -2.14. The molecule has 0 bridgehead atoms. The van der Waals surface area contributed by atoms with Crippen molar-refractivity contribution < 1.29 is 9.15 Å². The van der Waals surface area contributed by atoms with Crippen LogP contribution < -0.4 is 10.3 Å². The number of rotatable bonds is 6. The Balaban J connectivity index is 1.87. The second-order valence-electron chi connectivity index (χ2n) is 6.47. The van der Waals surface area contributed by atoms with Crippen LogP contribution in [0, 0.1) is 5.92 Å². The summed E-state index contributed by atoms with van der Waals surface area (Å²) in [7, 11) is 1.77. The lowest BCUT2D eigenvalue weighted by Crippen LogP contribution is -2.15. The van der Waals surface area contributed by atoms with Crippen molar-refractivity contribution in [2.75, 3.05) is 12.4 Å². The van der Waals surface area contributed by atoms with Crippen LogP contribution in [0.4, 0.5) is 0 Å². The second kappa shape index (κ2) is 6.64. The molecule has 0 radical (unpaired) electrons. The van der Waals surface area contributed by atoms with Gasteiger partial charge in [0.15, 0.2) is 0 Å². The number of fused-ring (bicyclic) bond motifs is 1. The largest absolute Gasteiger partial charge is 0.493 e. The van der Waals surface area contributed by atoms with Gasteiger partial charge in [0.05, 0.1) is 18.3 Å². The monoisotopic (exact) mass is 355 g/mol. The highest BCUT2D eigenvalue weighted by atomic mass is 32.2. The second-order valence-corrected chi connectivity index (χ2v) is 7.81. The van der Waals surface area contributed by atoms with E-state index in [1.807, 2.05) is 12.3 Å². The summed E-state index contributed by atoms with van der Waals surface area (Å²) in [4.78, 5) is 13.5. The first-order valence-electron chi connectivity index (χ1n) is 8.64. The van der Waals surface area contributed by atoms with Gasteiger partial charge in [-0.05, 0) is 48.8 Å². The van der Waals surface area contributed by atoms with Crippen LogP contribution in [-0.2, 0) is 7.05 Å². The van der Waals surface area contributed by atoms with E-state index in [0.717, 1.165) is 29.2 Å². The van der Waals surface area contributed by atoms with E-state index in [2.05, 4.69) is 19.1 Å². The number of thioether (sulfide) groups is 1. The third kappa shape index (κ3) is 3.21. The molecule has 1 aliphatic carbocycles. The molecule has 4 rings (SSSR count). The maximum absolute atomic E-state index is 12.3. The maximum atomic E-state index is 12.3. The molecule has 1 fully saturated rings. The standard InChI is InChI=1S/C20H21NO3S/c1-3-25-14-6-7-18(24-12-13-4-5-13)16(10-14)17-11-21(2)20(22)15-8-9-23-19(15)17/h6-11,13H,3-5,12H2,1-2H3. The van der Waals surface area contributed by atoms with Gasteiger partial charge in [0, 0.05) is 29.3 Å². The van der Waals surface area contributed by atoms with Gasteiger partial charge in [0.2, 0.25) is 0 Å². The van der Waals surface area contributed by atoms with E-state index in [1.165, 1.54) is 17.7 Å². The Hall–Kier alpha value is -2.14. The van der Waals surface area contributed by atoms with Crippen molar-refractivity contribution in [3.8, 4) is 16.9 Å². The highest BCUT2D eigenvalue weighted by Crippen LogP contribution is 2.38. The van der Waals surface area contributed by atoms with Crippen molar-refractivity contribution in [1.82, 2.24) is 4.57 Å². The average molecular weight is 355 g/mol. The lowest BCUT2D eigenvalue weighted by atomic mass is 10.0. The number of aryl methyl sites for hydroxylation is 1. The van der Waals surface area contributed by atoms with Gasteiger partial charge in [-0.25, -0.2) is 0 Å². The van der Waals surface area contributed by atoms with Crippen molar-refractivity contribution in [1.29, 1.82) is 0 Å². The zero-order valence-electron chi connectivity index (χ0n) is 14.5. The molecule has 0 spiro atoms. The average Bonchev–Trinajstić information content (AvgIpc) is 3.31. The van der Waals surface area contributed by atoms with E-state index in [4.69, 9.17) is 9.15 Å². The Kier molecular flexibility index (Phi) is 4.34. The van der Waals surface area contributed by atoms with Crippen LogP contribution in [0.2, 0.25) is 0 Å². The van der Waals surface area contributed by atoms with E-state index >= 15 is 0 Å². The molecule has 3 aromatic rings. The quantitative estimate of drug-likeness (QED) is 0.601. The number of aromatic nitrogens is 1. The number of nitrogens with zero attached hydrogens (tertiary/aromatic N) is 1. The van der Waals surface area contributed by atoms with Crippen molar-refractivity contribution in [2.45, 2.75) is 24.7 Å². The molecule has 0 unspecified atom stereocenters. The number of pyridine rings is 1. The van der Waals surface area contributed by atoms with Gasteiger partial charge in [-0.15, -0.1) is 11.8 Å². The summed E-state index contributed by atoms with van der Waals surface area (Å²) in [6, 6.07) is 8.01. The Morgan fingerprint density at radius 1 is 1.28 bits per heavy atom. The maximum Gasteiger partial charge on any atom is 0.261 e.